The highest BCUT2D eigenvalue weighted by atomic mass is 35.5. The Kier molecular flexibility index (Phi) is 5.66. The van der Waals surface area contributed by atoms with E-state index in [0.29, 0.717) is 25.7 Å². The van der Waals surface area contributed by atoms with Gasteiger partial charge in [-0.15, -0.1) is 12.4 Å². The van der Waals surface area contributed by atoms with Crippen LogP contribution in [0.3, 0.4) is 0 Å². The molecule has 2 saturated heterocycles. The summed E-state index contributed by atoms with van der Waals surface area (Å²) in [6.07, 6.45) is 2.68. The average Bonchev–Trinajstić information content (AvgIpc) is 2.85. The van der Waals surface area contributed by atoms with Gasteiger partial charge in [-0.1, -0.05) is 0 Å². The highest BCUT2D eigenvalue weighted by molar-refractivity contribution is 7.89. The third-order valence-electron chi connectivity index (χ3n) is 3.37. The predicted octanol–water partition coefficient (Wildman–Crippen LogP) is 0.211. The molecule has 2 aliphatic rings. The highest BCUT2D eigenvalue weighted by Gasteiger charge is 2.33. The first-order valence-electron chi connectivity index (χ1n) is 5.88. The van der Waals surface area contributed by atoms with Crippen LogP contribution in [0.15, 0.2) is 0 Å². The number of nitrogens with one attached hydrogen (secondary N) is 1. The summed E-state index contributed by atoms with van der Waals surface area (Å²) >= 11 is 0. The van der Waals surface area contributed by atoms with Crippen molar-refractivity contribution >= 4 is 22.4 Å². The molecule has 0 bridgehead atoms. The van der Waals surface area contributed by atoms with Crippen LogP contribution >= 0.6 is 12.4 Å². The summed E-state index contributed by atoms with van der Waals surface area (Å²) in [7, 11) is -1.24. The molecule has 2 rings (SSSR count). The molecule has 2 aliphatic heterocycles. The SMILES string of the molecule is CNC1CCN(S(=O)(=O)CC2CCCO2)C1.Cl. The largest absolute Gasteiger partial charge is 0.377 e. The summed E-state index contributed by atoms with van der Waals surface area (Å²) in [5.74, 6) is 0.156. The van der Waals surface area contributed by atoms with Gasteiger partial charge in [-0.05, 0) is 26.3 Å². The van der Waals surface area contributed by atoms with E-state index in [1.54, 1.807) is 4.31 Å². The molecule has 0 aromatic rings. The minimum absolute atomic E-state index is 0. The maximum absolute atomic E-state index is 12.1. The van der Waals surface area contributed by atoms with Gasteiger partial charge in [0.2, 0.25) is 10.0 Å². The molecule has 1 N–H and O–H groups in total. The van der Waals surface area contributed by atoms with Gasteiger partial charge < -0.3 is 10.1 Å². The number of hydrogen-bond donors (Lipinski definition) is 1. The molecule has 0 saturated carbocycles. The van der Waals surface area contributed by atoms with Gasteiger partial charge in [-0.3, -0.25) is 0 Å². The molecule has 7 heteroatoms. The van der Waals surface area contributed by atoms with E-state index < -0.39 is 10.0 Å². The Morgan fingerprint density at radius 3 is 2.71 bits per heavy atom. The molecule has 0 aromatic heterocycles. The second kappa shape index (κ2) is 6.33. The molecule has 17 heavy (non-hydrogen) atoms. The van der Waals surface area contributed by atoms with Crippen LogP contribution in [0, 0.1) is 0 Å². The molecule has 2 heterocycles. The van der Waals surface area contributed by atoms with E-state index in [2.05, 4.69) is 5.32 Å². The maximum Gasteiger partial charge on any atom is 0.216 e. The second-order valence-corrected chi connectivity index (χ2v) is 6.56. The van der Waals surface area contributed by atoms with Gasteiger partial charge in [0.25, 0.3) is 0 Å². The molecule has 102 valence electrons. The Labute approximate surface area is 109 Å². The lowest BCUT2D eigenvalue weighted by molar-refractivity contribution is 0.126. The molecule has 0 aliphatic carbocycles. The normalized spacial score (nSPS) is 30.4. The van der Waals surface area contributed by atoms with Crippen LogP contribution in [0.2, 0.25) is 0 Å². The van der Waals surface area contributed by atoms with Gasteiger partial charge in [0.15, 0.2) is 0 Å². The van der Waals surface area contributed by atoms with Crippen LogP contribution < -0.4 is 5.32 Å². The van der Waals surface area contributed by atoms with Gasteiger partial charge in [0.05, 0.1) is 11.9 Å². The van der Waals surface area contributed by atoms with Crippen LogP contribution in [0.1, 0.15) is 19.3 Å². The van der Waals surface area contributed by atoms with Gasteiger partial charge >= 0.3 is 0 Å². The van der Waals surface area contributed by atoms with Crippen molar-refractivity contribution in [3.8, 4) is 0 Å². The number of ether oxygens (including phenoxy) is 1. The monoisotopic (exact) mass is 284 g/mol. The third-order valence-corrected chi connectivity index (χ3v) is 5.28. The standard InChI is InChI=1S/C10H20N2O3S.ClH/c1-11-9-4-5-12(7-9)16(13,14)8-10-3-2-6-15-10;/h9-11H,2-8H2,1H3;1H. The van der Waals surface area contributed by atoms with Crippen molar-refractivity contribution in [3.05, 3.63) is 0 Å². The third kappa shape index (κ3) is 3.79. The van der Waals surface area contributed by atoms with Crippen LogP contribution in [-0.2, 0) is 14.8 Å². The Balaban J connectivity index is 0.00000144. The number of hydrogen-bond acceptors (Lipinski definition) is 4. The zero-order valence-corrected chi connectivity index (χ0v) is 11.7. The lowest BCUT2D eigenvalue weighted by Crippen LogP contribution is -2.37. The van der Waals surface area contributed by atoms with Crippen LogP contribution in [0.25, 0.3) is 0 Å². The molecule has 0 aromatic carbocycles. The molecule has 5 nitrogen and oxygen atoms in total. The summed E-state index contributed by atoms with van der Waals surface area (Å²) in [6.45, 7) is 1.95. The second-order valence-electron chi connectivity index (χ2n) is 4.55. The summed E-state index contributed by atoms with van der Waals surface area (Å²) in [5.41, 5.74) is 0. The van der Waals surface area contributed by atoms with E-state index in [1.165, 1.54) is 0 Å². The number of nitrogens with zero attached hydrogens (tertiary/aromatic N) is 1. The lowest BCUT2D eigenvalue weighted by Gasteiger charge is -2.18. The number of sulfonamides is 1. The highest BCUT2D eigenvalue weighted by Crippen LogP contribution is 2.19. The fourth-order valence-electron chi connectivity index (χ4n) is 2.33. The molecular formula is C10H21ClN2O3S. The Morgan fingerprint density at radius 2 is 2.18 bits per heavy atom. The molecule has 2 fully saturated rings. The summed E-state index contributed by atoms with van der Waals surface area (Å²) in [4.78, 5) is 0. The molecule has 2 atom stereocenters. The first kappa shape index (κ1) is 15.2. The van der Waals surface area contributed by atoms with E-state index >= 15 is 0 Å². The fraction of sp³-hybridized carbons (Fsp3) is 1.00. The van der Waals surface area contributed by atoms with Crippen molar-refractivity contribution in [2.24, 2.45) is 0 Å². The van der Waals surface area contributed by atoms with Gasteiger partial charge in [-0.25, -0.2) is 12.7 Å². The van der Waals surface area contributed by atoms with E-state index in [1.807, 2.05) is 7.05 Å². The Bertz CT molecular complexity index is 330. The van der Waals surface area contributed by atoms with Crippen molar-refractivity contribution < 1.29 is 13.2 Å². The van der Waals surface area contributed by atoms with Crippen molar-refractivity contribution in [2.75, 3.05) is 32.5 Å². The van der Waals surface area contributed by atoms with Crippen LogP contribution in [-0.4, -0.2) is 57.4 Å². The maximum atomic E-state index is 12.1. The number of rotatable bonds is 4. The van der Waals surface area contributed by atoms with E-state index in [9.17, 15) is 8.42 Å². The Morgan fingerprint density at radius 1 is 1.41 bits per heavy atom. The smallest absolute Gasteiger partial charge is 0.216 e. The minimum atomic E-state index is -3.12. The van der Waals surface area contributed by atoms with E-state index in [-0.39, 0.29) is 24.3 Å². The zero-order chi connectivity index (χ0) is 11.6. The lowest BCUT2D eigenvalue weighted by atomic mass is 10.3. The van der Waals surface area contributed by atoms with Gasteiger partial charge in [0.1, 0.15) is 0 Å². The van der Waals surface area contributed by atoms with Crippen molar-refractivity contribution in [3.63, 3.8) is 0 Å². The van der Waals surface area contributed by atoms with Crippen molar-refractivity contribution in [2.45, 2.75) is 31.4 Å². The van der Waals surface area contributed by atoms with Crippen LogP contribution in [0.4, 0.5) is 0 Å². The predicted molar refractivity (Wildman–Crippen MR) is 69.0 cm³/mol. The first-order chi connectivity index (χ1) is 7.62. The number of likely N-dealkylation sites (N-methyl/N-ethyl adjacent to an activating group) is 1. The van der Waals surface area contributed by atoms with Gasteiger partial charge in [0, 0.05) is 25.7 Å². The van der Waals surface area contributed by atoms with Crippen molar-refractivity contribution in [1.82, 2.24) is 9.62 Å². The van der Waals surface area contributed by atoms with Crippen molar-refractivity contribution in [1.29, 1.82) is 0 Å². The van der Waals surface area contributed by atoms with E-state index in [4.69, 9.17) is 4.74 Å². The average molecular weight is 285 g/mol. The van der Waals surface area contributed by atoms with E-state index in [0.717, 1.165) is 19.3 Å². The van der Waals surface area contributed by atoms with Gasteiger partial charge in [-0.2, -0.15) is 0 Å². The molecule has 0 amide bonds. The molecule has 0 spiro atoms. The summed E-state index contributed by atoms with van der Waals surface area (Å²) in [6, 6.07) is 0.305. The quantitative estimate of drug-likeness (QED) is 0.802. The summed E-state index contributed by atoms with van der Waals surface area (Å²) < 4.78 is 31.1. The summed E-state index contributed by atoms with van der Waals surface area (Å²) in [5, 5.41) is 3.12. The number of halogens is 1. The molecule has 0 radical (unpaired) electrons. The Hall–Kier alpha value is 0.120. The zero-order valence-electron chi connectivity index (χ0n) is 10.1. The fourth-order valence-corrected chi connectivity index (χ4v) is 4.07. The topological polar surface area (TPSA) is 58.6 Å². The first-order valence-corrected chi connectivity index (χ1v) is 7.49. The minimum Gasteiger partial charge on any atom is -0.377 e. The molecule has 2 unspecified atom stereocenters. The molecular weight excluding hydrogens is 264 g/mol. The van der Waals surface area contributed by atoms with Crippen LogP contribution in [0.5, 0.6) is 0 Å².